The summed E-state index contributed by atoms with van der Waals surface area (Å²) in [7, 11) is 0. The molecule has 5 rings (SSSR count). The van der Waals surface area contributed by atoms with Crippen molar-refractivity contribution in [2.75, 3.05) is 78.5 Å². The number of nitrogens with zero attached hydrogens (tertiary/aromatic N) is 8. The predicted molar refractivity (Wildman–Crippen MR) is 129 cm³/mol. The van der Waals surface area contributed by atoms with Gasteiger partial charge in [0.1, 0.15) is 11.6 Å². The number of pyridine rings is 2. The number of hydrogen-bond donors (Lipinski definition) is 4. The zero-order valence-electron chi connectivity index (χ0n) is 18.4. The van der Waals surface area contributed by atoms with Crippen molar-refractivity contribution in [3.05, 3.63) is 36.7 Å². The van der Waals surface area contributed by atoms with Crippen molar-refractivity contribution >= 4 is 40.9 Å². The molecule has 0 unspecified atom stereocenters. The quantitative estimate of drug-likeness (QED) is 0.419. The summed E-state index contributed by atoms with van der Waals surface area (Å²) in [6.07, 6.45) is 3.61. The molecule has 5 heterocycles. The SMILES string of the molecule is Nc1nc(N)nc(N(c2ccc(N3CCNCC3)nc2)c2ccc(N3CCNCC3)nc2)n1. The van der Waals surface area contributed by atoms with E-state index in [1.165, 1.54) is 0 Å². The van der Waals surface area contributed by atoms with E-state index in [9.17, 15) is 0 Å². The van der Waals surface area contributed by atoms with E-state index in [0.29, 0.717) is 5.95 Å². The van der Waals surface area contributed by atoms with Gasteiger partial charge in [-0.05, 0) is 24.3 Å². The molecule has 3 aromatic heterocycles. The molecule has 2 aliphatic heterocycles. The Bertz CT molecular complexity index is 978. The summed E-state index contributed by atoms with van der Waals surface area (Å²) < 4.78 is 0. The molecule has 2 saturated heterocycles. The van der Waals surface area contributed by atoms with Gasteiger partial charge in [0.15, 0.2) is 0 Å². The number of nitrogen functional groups attached to an aromatic ring is 2. The molecular weight excluding hydrogens is 420 g/mol. The van der Waals surface area contributed by atoms with E-state index in [1.807, 2.05) is 29.2 Å². The van der Waals surface area contributed by atoms with Crippen LogP contribution >= 0.6 is 0 Å². The van der Waals surface area contributed by atoms with Gasteiger partial charge in [0.2, 0.25) is 17.8 Å². The fourth-order valence-electron chi connectivity index (χ4n) is 4.06. The topological polar surface area (TPSA) is 150 Å². The fraction of sp³-hybridized carbons (Fsp3) is 0.381. The molecule has 0 amide bonds. The van der Waals surface area contributed by atoms with Crippen LogP contribution in [0.25, 0.3) is 0 Å². The zero-order valence-corrected chi connectivity index (χ0v) is 18.4. The molecule has 33 heavy (non-hydrogen) atoms. The molecular formula is C21H28N12. The number of nitrogens with two attached hydrogens (primary N) is 2. The Morgan fingerprint density at radius 2 is 1.12 bits per heavy atom. The lowest BCUT2D eigenvalue weighted by atomic mass is 10.2. The van der Waals surface area contributed by atoms with Crippen molar-refractivity contribution in [2.45, 2.75) is 0 Å². The van der Waals surface area contributed by atoms with Gasteiger partial charge in [-0.25, -0.2) is 9.97 Å². The molecule has 6 N–H and O–H groups in total. The fourth-order valence-corrected chi connectivity index (χ4v) is 4.06. The average molecular weight is 449 g/mol. The van der Waals surface area contributed by atoms with Crippen LogP contribution in [-0.2, 0) is 0 Å². The molecule has 172 valence electrons. The molecule has 0 atom stereocenters. The number of aromatic nitrogens is 5. The molecule has 0 bridgehead atoms. The Kier molecular flexibility index (Phi) is 6.00. The van der Waals surface area contributed by atoms with Crippen molar-refractivity contribution < 1.29 is 0 Å². The molecule has 12 nitrogen and oxygen atoms in total. The van der Waals surface area contributed by atoms with Gasteiger partial charge in [-0.15, -0.1) is 0 Å². The minimum absolute atomic E-state index is 0.0540. The van der Waals surface area contributed by atoms with Crippen LogP contribution in [-0.4, -0.2) is 77.3 Å². The summed E-state index contributed by atoms with van der Waals surface area (Å²) in [5.74, 6) is 2.29. The third-order valence-corrected chi connectivity index (χ3v) is 5.72. The lowest BCUT2D eigenvalue weighted by molar-refractivity contribution is 0.585. The van der Waals surface area contributed by atoms with E-state index >= 15 is 0 Å². The van der Waals surface area contributed by atoms with Gasteiger partial charge in [-0.2, -0.15) is 15.0 Å². The highest BCUT2D eigenvalue weighted by Gasteiger charge is 2.20. The lowest BCUT2D eigenvalue weighted by Crippen LogP contribution is -2.43. The average Bonchev–Trinajstić information content (AvgIpc) is 2.86. The second-order valence-corrected chi connectivity index (χ2v) is 7.91. The summed E-state index contributed by atoms with van der Waals surface area (Å²) in [6, 6.07) is 7.99. The Balaban J connectivity index is 1.48. The first-order chi connectivity index (χ1) is 16.2. The molecule has 0 aromatic carbocycles. The van der Waals surface area contributed by atoms with Crippen LogP contribution in [0.4, 0.5) is 40.9 Å². The second kappa shape index (κ2) is 9.38. The van der Waals surface area contributed by atoms with Gasteiger partial charge >= 0.3 is 0 Å². The summed E-state index contributed by atoms with van der Waals surface area (Å²) in [4.78, 5) is 28.3. The van der Waals surface area contributed by atoms with Crippen LogP contribution in [0.15, 0.2) is 36.7 Å². The van der Waals surface area contributed by atoms with E-state index < -0.39 is 0 Å². The van der Waals surface area contributed by atoms with Gasteiger partial charge in [-0.1, -0.05) is 0 Å². The van der Waals surface area contributed by atoms with Crippen molar-refractivity contribution in [1.82, 2.24) is 35.6 Å². The monoisotopic (exact) mass is 448 g/mol. The predicted octanol–water partition coefficient (Wildman–Crippen LogP) is 0.115. The smallest absolute Gasteiger partial charge is 0.241 e. The van der Waals surface area contributed by atoms with Crippen LogP contribution in [0.2, 0.25) is 0 Å². The third kappa shape index (κ3) is 4.71. The standard InChI is InChI=1S/C21H28N12/c22-19-28-20(23)30-21(29-19)33(15-1-3-17(26-13-15)31-9-5-24-6-10-31)16-2-4-18(27-14-16)32-11-7-25-8-12-32/h1-4,13-14,24-25H,5-12H2,(H4,22,23,28,29,30). The van der Waals surface area contributed by atoms with Gasteiger partial charge in [-0.3, -0.25) is 4.90 Å². The maximum atomic E-state index is 5.87. The van der Waals surface area contributed by atoms with Crippen LogP contribution in [0.3, 0.4) is 0 Å². The summed E-state index contributed by atoms with van der Waals surface area (Å²) in [6.45, 7) is 7.49. The van der Waals surface area contributed by atoms with Gasteiger partial charge < -0.3 is 31.9 Å². The van der Waals surface area contributed by atoms with E-state index in [4.69, 9.17) is 21.4 Å². The Labute approximate surface area is 192 Å². The van der Waals surface area contributed by atoms with Crippen molar-refractivity contribution in [3.63, 3.8) is 0 Å². The Morgan fingerprint density at radius 3 is 1.52 bits per heavy atom. The maximum Gasteiger partial charge on any atom is 0.241 e. The third-order valence-electron chi connectivity index (χ3n) is 5.72. The van der Waals surface area contributed by atoms with Gasteiger partial charge in [0.25, 0.3) is 0 Å². The molecule has 2 aliphatic rings. The number of rotatable bonds is 5. The largest absolute Gasteiger partial charge is 0.368 e. The number of hydrogen-bond acceptors (Lipinski definition) is 12. The maximum absolute atomic E-state index is 5.87. The first-order valence-electron chi connectivity index (χ1n) is 11.1. The lowest BCUT2D eigenvalue weighted by Gasteiger charge is -2.30. The van der Waals surface area contributed by atoms with Crippen molar-refractivity contribution in [2.24, 2.45) is 0 Å². The summed E-state index contributed by atoms with van der Waals surface area (Å²) >= 11 is 0. The van der Waals surface area contributed by atoms with Crippen molar-refractivity contribution in [1.29, 1.82) is 0 Å². The molecule has 0 spiro atoms. The van der Waals surface area contributed by atoms with Crippen LogP contribution in [0, 0.1) is 0 Å². The minimum atomic E-state index is 0.0540. The van der Waals surface area contributed by atoms with Crippen LogP contribution in [0.5, 0.6) is 0 Å². The van der Waals surface area contributed by atoms with Crippen LogP contribution < -0.4 is 36.8 Å². The minimum Gasteiger partial charge on any atom is -0.368 e. The number of anilines is 7. The molecule has 0 radical (unpaired) electrons. The van der Waals surface area contributed by atoms with Crippen LogP contribution in [0.1, 0.15) is 0 Å². The number of nitrogens with one attached hydrogen (secondary N) is 2. The van der Waals surface area contributed by atoms with E-state index in [0.717, 1.165) is 75.4 Å². The first-order valence-corrected chi connectivity index (χ1v) is 11.1. The summed E-state index contributed by atoms with van der Waals surface area (Å²) in [5, 5.41) is 6.72. The molecule has 2 fully saturated rings. The highest BCUT2D eigenvalue weighted by molar-refractivity contribution is 5.73. The highest BCUT2D eigenvalue weighted by Crippen LogP contribution is 2.33. The normalized spacial score (nSPS) is 16.6. The van der Waals surface area contributed by atoms with Gasteiger partial charge in [0.05, 0.1) is 23.8 Å². The first kappa shape index (κ1) is 21.1. The Morgan fingerprint density at radius 1 is 0.667 bits per heavy atom. The molecule has 3 aromatic rings. The highest BCUT2D eigenvalue weighted by atomic mass is 15.3. The number of piperazine rings is 2. The zero-order chi connectivity index (χ0) is 22.6. The van der Waals surface area contributed by atoms with E-state index in [2.05, 4.69) is 35.4 Å². The molecule has 12 heteroatoms. The van der Waals surface area contributed by atoms with Gasteiger partial charge in [0, 0.05) is 52.4 Å². The van der Waals surface area contributed by atoms with E-state index in [1.54, 1.807) is 12.4 Å². The Hall–Kier alpha value is -3.77. The summed E-state index contributed by atoms with van der Waals surface area (Å²) in [5.41, 5.74) is 13.3. The second-order valence-electron chi connectivity index (χ2n) is 7.91. The molecule has 0 saturated carbocycles. The van der Waals surface area contributed by atoms with E-state index in [-0.39, 0.29) is 11.9 Å². The van der Waals surface area contributed by atoms with Crippen molar-refractivity contribution in [3.8, 4) is 0 Å². The molecule has 0 aliphatic carbocycles.